The van der Waals surface area contributed by atoms with Gasteiger partial charge in [-0.15, -0.1) is 0 Å². The summed E-state index contributed by atoms with van der Waals surface area (Å²) < 4.78 is 34.4. The van der Waals surface area contributed by atoms with Gasteiger partial charge < -0.3 is 4.74 Å². The SMILES string of the molecule is CC(C)CS(=O)(=O)N[C@H]1CCCC[C@@]12CN(C[C@@H]1CC=CCC1)CCO2. The van der Waals surface area contributed by atoms with Gasteiger partial charge in [-0.05, 0) is 43.9 Å². The second-order valence-corrected chi connectivity index (χ2v) is 10.7. The Kier molecular flexibility index (Phi) is 6.81. The van der Waals surface area contributed by atoms with Gasteiger partial charge in [-0.1, -0.05) is 38.8 Å². The van der Waals surface area contributed by atoms with Crippen LogP contribution in [0.15, 0.2) is 12.2 Å². The number of rotatable bonds is 6. The van der Waals surface area contributed by atoms with Crippen molar-refractivity contribution in [3.63, 3.8) is 0 Å². The van der Waals surface area contributed by atoms with E-state index in [0.717, 1.165) is 51.2 Å². The van der Waals surface area contributed by atoms with Gasteiger partial charge >= 0.3 is 0 Å². The van der Waals surface area contributed by atoms with Gasteiger partial charge in [0.2, 0.25) is 10.0 Å². The second kappa shape index (κ2) is 8.72. The van der Waals surface area contributed by atoms with Crippen LogP contribution in [0.25, 0.3) is 0 Å². The Bertz CT molecular complexity index is 586. The minimum absolute atomic E-state index is 0.0888. The Morgan fingerprint density at radius 3 is 2.85 bits per heavy atom. The highest BCUT2D eigenvalue weighted by Gasteiger charge is 2.46. The third-order valence-electron chi connectivity index (χ3n) is 6.03. The topological polar surface area (TPSA) is 58.6 Å². The average Bonchev–Trinajstić information content (AvgIpc) is 2.57. The Hall–Kier alpha value is -0.430. The molecule has 3 rings (SSSR count). The molecule has 5 nitrogen and oxygen atoms in total. The number of nitrogens with one attached hydrogen (secondary N) is 1. The van der Waals surface area contributed by atoms with Gasteiger partial charge in [0.15, 0.2) is 0 Å². The van der Waals surface area contributed by atoms with Gasteiger partial charge in [-0.25, -0.2) is 13.1 Å². The first-order valence-corrected chi connectivity index (χ1v) is 12.1. The standard InChI is InChI=1S/C20H36N2O3S/c1-17(2)15-26(23,24)21-19-10-6-7-11-20(19)16-22(12-13-25-20)14-18-8-4-3-5-9-18/h3-4,17-19,21H,5-16H2,1-2H3/t18-,19+,20-/m1/s1. The number of sulfonamides is 1. The summed E-state index contributed by atoms with van der Waals surface area (Å²) in [6.45, 7) is 7.56. The third kappa shape index (κ3) is 5.31. The van der Waals surface area contributed by atoms with E-state index in [-0.39, 0.29) is 23.3 Å². The summed E-state index contributed by atoms with van der Waals surface area (Å²) >= 11 is 0. The summed E-state index contributed by atoms with van der Waals surface area (Å²) in [5.74, 6) is 1.06. The van der Waals surface area contributed by atoms with E-state index in [1.54, 1.807) is 0 Å². The van der Waals surface area contributed by atoms with E-state index in [0.29, 0.717) is 6.61 Å². The molecule has 26 heavy (non-hydrogen) atoms. The van der Waals surface area contributed by atoms with Crippen molar-refractivity contribution in [2.45, 2.75) is 70.4 Å². The Morgan fingerprint density at radius 2 is 2.12 bits per heavy atom. The maximum absolute atomic E-state index is 12.5. The van der Waals surface area contributed by atoms with E-state index >= 15 is 0 Å². The fourth-order valence-corrected chi connectivity index (χ4v) is 6.61. The normalized spacial score (nSPS) is 33.8. The van der Waals surface area contributed by atoms with Crippen molar-refractivity contribution < 1.29 is 13.2 Å². The van der Waals surface area contributed by atoms with Crippen molar-refractivity contribution in [1.82, 2.24) is 9.62 Å². The summed E-state index contributed by atoms with van der Waals surface area (Å²) in [5.41, 5.74) is -0.342. The van der Waals surface area contributed by atoms with Crippen molar-refractivity contribution in [3.8, 4) is 0 Å². The van der Waals surface area contributed by atoms with Gasteiger partial charge in [0.05, 0.1) is 24.0 Å². The molecule has 3 atom stereocenters. The number of hydrogen-bond acceptors (Lipinski definition) is 4. The molecule has 0 aromatic carbocycles. The van der Waals surface area contributed by atoms with Crippen LogP contribution in [0.2, 0.25) is 0 Å². The zero-order chi connectivity index (χ0) is 18.6. The molecular weight excluding hydrogens is 348 g/mol. The van der Waals surface area contributed by atoms with Crippen LogP contribution in [0.3, 0.4) is 0 Å². The van der Waals surface area contributed by atoms with Gasteiger partial charge in [-0.2, -0.15) is 0 Å². The first-order valence-electron chi connectivity index (χ1n) is 10.4. The van der Waals surface area contributed by atoms with Crippen molar-refractivity contribution in [2.24, 2.45) is 11.8 Å². The molecule has 1 saturated heterocycles. The molecule has 6 heteroatoms. The summed E-state index contributed by atoms with van der Waals surface area (Å²) in [4.78, 5) is 2.53. The van der Waals surface area contributed by atoms with Gasteiger partial charge in [-0.3, -0.25) is 4.90 Å². The van der Waals surface area contributed by atoms with Crippen molar-refractivity contribution >= 4 is 10.0 Å². The zero-order valence-electron chi connectivity index (χ0n) is 16.5. The second-order valence-electron chi connectivity index (χ2n) is 8.89. The Labute approximate surface area is 159 Å². The summed E-state index contributed by atoms with van der Waals surface area (Å²) in [6, 6.07) is -0.0888. The van der Waals surface area contributed by atoms with Crippen LogP contribution in [-0.4, -0.2) is 57.0 Å². The van der Waals surface area contributed by atoms with Crippen LogP contribution in [0.5, 0.6) is 0 Å². The lowest BCUT2D eigenvalue weighted by molar-refractivity contribution is -0.141. The largest absolute Gasteiger partial charge is 0.371 e. The molecule has 1 aliphatic heterocycles. The molecule has 2 aliphatic carbocycles. The lowest BCUT2D eigenvalue weighted by atomic mass is 9.79. The molecule has 1 saturated carbocycles. The number of allylic oxidation sites excluding steroid dienone is 2. The average molecular weight is 385 g/mol. The predicted octanol–water partition coefficient (Wildman–Crippen LogP) is 2.93. The molecule has 1 heterocycles. The Morgan fingerprint density at radius 1 is 1.27 bits per heavy atom. The van der Waals surface area contributed by atoms with E-state index in [1.165, 1.54) is 19.3 Å². The highest BCUT2D eigenvalue weighted by atomic mass is 32.2. The summed E-state index contributed by atoms with van der Waals surface area (Å²) in [5, 5.41) is 0. The van der Waals surface area contributed by atoms with Gasteiger partial charge in [0.25, 0.3) is 0 Å². The molecular formula is C20H36N2O3S. The van der Waals surface area contributed by atoms with Crippen molar-refractivity contribution in [1.29, 1.82) is 0 Å². The molecule has 1 spiro atoms. The maximum Gasteiger partial charge on any atom is 0.212 e. The molecule has 150 valence electrons. The molecule has 0 unspecified atom stereocenters. The van der Waals surface area contributed by atoms with Crippen LogP contribution in [-0.2, 0) is 14.8 Å². The third-order valence-corrected chi connectivity index (χ3v) is 7.78. The molecule has 0 aromatic heterocycles. The fourth-order valence-electron chi connectivity index (χ4n) is 4.87. The molecule has 1 N–H and O–H groups in total. The highest BCUT2D eigenvalue weighted by Crippen LogP contribution is 2.36. The number of ether oxygens (including phenoxy) is 1. The van der Waals surface area contributed by atoms with Crippen LogP contribution in [0.1, 0.15) is 58.8 Å². The molecule has 0 radical (unpaired) electrons. The van der Waals surface area contributed by atoms with E-state index < -0.39 is 10.0 Å². The van der Waals surface area contributed by atoms with Gasteiger partial charge in [0.1, 0.15) is 0 Å². The first kappa shape index (κ1) is 20.3. The first-order chi connectivity index (χ1) is 12.4. The predicted molar refractivity (Wildman–Crippen MR) is 106 cm³/mol. The maximum atomic E-state index is 12.5. The number of nitrogens with zero attached hydrogens (tertiary/aromatic N) is 1. The lowest BCUT2D eigenvalue weighted by Gasteiger charge is -2.50. The lowest BCUT2D eigenvalue weighted by Crippen LogP contribution is -2.64. The zero-order valence-corrected chi connectivity index (χ0v) is 17.3. The van der Waals surface area contributed by atoms with Crippen LogP contribution in [0, 0.1) is 11.8 Å². The highest BCUT2D eigenvalue weighted by molar-refractivity contribution is 7.89. The van der Waals surface area contributed by atoms with Gasteiger partial charge in [0, 0.05) is 19.6 Å². The molecule has 2 fully saturated rings. The van der Waals surface area contributed by atoms with Crippen molar-refractivity contribution in [2.75, 3.05) is 32.0 Å². The van der Waals surface area contributed by atoms with Crippen LogP contribution >= 0.6 is 0 Å². The molecule has 0 bridgehead atoms. The quantitative estimate of drug-likeness (QED) is 0.716. The van der Waals surface area contributed by atoms with Crippen molar-refractivity contribution in [3.05, 3.63) is 12.2 Å². The monoisotopic (exact) mass is 384 g/mol. The molecule has 0 amide bonds. The summed E-state index contributed by atoms with van der Waals surface area (Å²) in [6.07, 6.45) is 12.3. The minimum Gasteiger partial charge on any atom is -0.371 e. The van der Waals surface area contributed by atoms with E-state index in [1.807, 2.05) is 13.8 Å². The van der Waals surface area contributed by atoms with Crippen LogP contribution in [0.4, 0.5) is 0 Å². The fraction of sp³-hybridized carbons (Fsp3) is 0.900. The Balaban J connectivity index is 1.67. The smallest absolute Gasteiger partial charge is 0.212 e. The van der Waals surface area contributed by atoms with Crippen LogP contribution < -0.4 is 4.72 Å². The minimum atomic E-state index is -3.26. The summed E-state index contributed by atoms with van der Waals surface area (Å²) in [7, 11) is -3.26. The van der Waals surface area contributed by atoms with E-state index in [9.17, 15) is 8.42 Å². The van der Waals surface area contributed by atoms with E-state index in [4.69, 9.17) is 4.74 Å². The van der Waals surface area contributed by atoms with E-state index in [2.05, 4.69) is 21.8 Å². The number of morpholine rings is 1. The molecule has 0 aromatic rings. The number of hydrogen-bond donors (Lipinski definition) is 1. The molecule has 3 aliphatic rings.